The van der Waals surface area contributed by atoms with E-state index in [0.29, 0.717) is 5.41 Å². The van der Waals surface area contributed by atoms with Crippen LogP contribution in [0.5, 0.6) is 0 Å². The Bertz CT molecular complexity index is 175. The second-order valence-electron chi connectivity index (χ2n) is 5.63. The van der Waals surface area contributed by atoms with E-state index in [1.165, 1.54) is 52.0 Å². The molecule has 0 aromatic heterocycles. The van der Waals surface area contributed by atoms with Crippen molar-refractivity contribution >= 4 is 0 Å². The molecule has 82 valence electrons. The molecule has 0 radical (unpaired) electrons. The molecule has 0 unspecified atom stereocenters. The lowest BCUT2D eigenvalue weighted by Crippen LogP contribution is -2.58. The van der Waals surface area contributed by atoms with Crippen molar-refractivity contribution in [2.24, 2.45) is 11.3 Å². The third-order valence-electron chi connectivity index (χ3n) is 3.94. The molecule has 2 rings (SSSR count). The van der Waals surface area contributed by atoms with E-state index >= 15 is 0 Å². The van der Waals surface area contributed by atoms with Crippen LogP contribution in [0.4, 0.5) is 0 Å². The van der Waals surface area contributed by atoms with Crippen LogP contribution in [0.2, 0.25) is 0 Å². The topological polar surface area (TPSA) is 15.3 Å². The Hall–Kier alpha value is -0.0800. The van der Waals surface area contributed by atoms with Crippen molar-refractivity contribution in [2.75, 3.05) is 32.7 Å². The molecule has 0 aromatic rings. The molecule has 0 bridgehead atoms. The molecule has 2 nitrogen and oxygen atoms in total. The number of likely N-dealkylation sites (tertiary alicyclic amines) is 1. The van der Waals surface area contributed by atoms with Gasteiger partial charge in [-0.05, 0) is 50.2 Å². The Morgan fingerprint density at radius 1 is 1.21 bits per heavy atom. The van der Waals surface area contributed by atoms with Crippen LogP contribution in [0.25, 0.3) is 0 Å². The maximum atomic E-state index is 3.42. The van der Waals surface area contributed by atoms with Gasteiger partial charge < -0.3 is 10.2 Å². The van der Waals surface area contributed by atoms with Gasteiger partial charge in [0.25, 0.3) is 0 Å². The predicted octanol–water partition coefficient (Wildman–Crippen LogP) is 1.72. The highest BCUT2D eigenvalue weighted by molar-refractivity contribution is 4.95. The first kappa shape index (κ1) is 10.4. The maximum absolute atomic E-state index is 3.42. The molecule has 0 aromatic carbocycles. The Morgan fingerprint density at radius 2 is 1.86 bits per heavy atom. The lowest BCUT2D eigenvalue weighted by Gasteiger charge is -2.48. The Labute approximate surface area is 88.1 Å². The van der Waals surface area contributed by atoms with Crippen LogP contribution in [-0.4, -0.2) is 37.6 Å². The molecular weight excluding hydrogens is 172 g/mol. The van der Waals surface area contributed by atoms with Gasteiger partial charge in [0.15, 0.2) is 0 Å². The lowest BCUT2D eigenvalue weighted by molar-refractivity contribution is 0.0535. The SMILES string of the molecule is CC(C)CCN1CCC2(CC1)CNC2. The van der Waals surface area contributed by atoms with Crippen LogP contribution in [0.15, 0.2) is 0 Å². The zero-order valence-corrected chi connectivity index (χ0v) is 9.68. The molecule has 2 heterocycles. The number of hydrogen-bond acceptors (Lipinski definition) is 2. The maximum Gasteiger partial charge on any atom is 0.00212 e. The van der Waals surface area contributed by atoms with Gasteiger partial charge in [-0.15, -0.1) is 0 Å². The minimum Gasteiger partial charge on any atom is -0.316 e. The first-order valence-electron chi connectivity index (χ1n) is 6.13. The average Bonchev–Trinajstić information content (AvgIpc) is 2.13. The van der Waals surface area contributed by atoms with Crippen LogP contribution in [0, 0.1) is 11.3 Å². The van der Waals surface area contributed by atoms with Crippen molar-refractivity contribution in [2.45, 2.75) is 33.1 Å². The molecular formula is C12H24N2. The van der Waals surface area contributed by atoms with Gasteiger partial charge in [-0.1, -0.05) is 13.8 Å². The van der Waals surface area contributed by atoms with E-state index in [9.17, 15) is 0 Å². The van der Waals surface area contributed by atoms with E-state index in [-0.39, 0.29) is 0 Å². The fourth-order valence-corrected chi connectivity index (χ4v) is 2.52. The van der Waals surface area contributed by atoms with Crippen LogP contribution in [-0.2, 0) is 0 Å². The third-order valence-corrected chi connectivity index (χ3v) is 3.94. The fourth-order valence-electron chi connectivity index (χ4n) is 2.52. The van der Waals surface area contributed by atoms with Crippen LogP contribution >= 0.6 is 0 Å². The molecule has 0 atom stereocenters. The van der Waals surface area contributed by atoms with E-state index in [4.69, 9.17) is 0 Å². The van der Waals surface area contributed by atoms with E-state index in [2.05, 4.69) is 24.1 Å². The normalized spacial score (nSPS) is 26.8. The minimum atomic E-state index is 0.717. The predicted molar refractivity (Wildman–Crippen MR) is 60.4 cm³/mol. The van der Waals surface area contributed by atoms with Crippen molar-refractivity contribution in [1.82, 2.24) is 10.2 Å². The van der Waals surface area contributed by atoms with Gasteiger partial charge >= 0.3 is 0 Å². The van der Waals surface area contributed by atoms with Crippen molar-refractivity contribution in [3.8, 4) is 0 Å². The minimum absolute atomic E-state index is 0.717. The summed E-state index contributed by atoms with van der Waals surface area (Å²) in [7, 11) is 0. The van der Waals surface area contributed by atoms with Gasteiger partial charge in [0, 0.05) is 13.1 Å². The van der Waals surface area contributed by atoms with Gasteiger partial charge in [0.2, 0.25) is 0 Å². The Kier molecular flexibility index (Phi) is 3.13. The summed E-state index contributed by atoms with van der Waals surface area (Å²) in [4.78, 5) is 2.66. The molecule has 0 aliphatic carbocycles. The number of rotatable bonds is 3. The Balaban J connectivity index is 1.68. The van der Waals surface area contributed by atoms with Crippen LogP contribution in [0.1, 0.15) is 33.1 Å². The highest BCUT2D eigenvalue weighted by atomic mass is 15.1. The van der Waals surface area contributed by atoms with E-state index in [1.54, 1.807) is 0 Å². The number of nitrogens with zero attached hydrogens (tertiary/aromatic N) is 1. The molecule has 2 heteroatoms. The Morgan fingerprint density at radius 3 is 2.29 bits per heavy atom. The zero-order chi connectivity index (χ0) is 10.0. The molecule has 1 N–H and O–H groups in total. The third kappa shape index (κ3) is 2.29. The standard InChI is InChI=1S/C12H24N2/c1-11(2)3-6-14-7-4-12(5-8-14)9-13-10-12/h11,13H,3-10H2,1-2H3. The average molecular weight is 196 g/mol. The van der Waals surface area contributed by atoms with Gasteiger partial charge in [0.05, 0.1) is 0 Å². The van der Waals surface area contributed by atoms with E-state index in [1.807, 2.05) is 0 Å². The number of piperidine rings is 1. The van der Waals surface area contributed by atoms with Crippen molar-refractivity contribution in [1.29, 1.82) is 0 Å². The zero-order valence-electron chi connectivity index (χ0n) is 9.68. The summed E-state index contributed by atoms with van der Waals surface area (Å²) in [5, 5.41) is 3.42. The van der Waals surface area contributed by atoms with Crippen molar-refractivity contribution < 1.29 is 0 Å². The van der Waals surface area contributed by atoms with Gasteiger partial charge in [-0.25, -0.2) is 0 Å². The monoisotopic (exact) mass is 196 g/mol. The molecule has 0 amide bonds. The van der Waals surface area contributed by atoms with E-state index < -0.39 is 0 Å². The number of nitrogens with one attached hydrogen (secondary N) is 1. The quantitative estimate of drug-likeness (QED) is 0.739. The molecule has 2 aliphatic heterocycles. The summed E-state index contributed by atoms with van der Waals surface area (Å²) in [6.07, 6.45) is 4.22. The molecule has 2 aliphatic rings. The summed E-state index contributed by atoms with van der Waals surface area (Å²) < 4.78 is 0. The molecule has 1 spiro atoms. The second kappa shape index (κ2) is 4.19. The molecule has 2 fully saturated rings. The highest BCUT2D eigenvalue weighted by Gasteiger charge is 2.39. The summed E-state index contributed by atoms with van der Waals surface area (Å²) in [6, 6.07) is 0. The van der Waals surface area contributed by atoms with Crippen LogP contribution in [0.3, 0.4) is 0 Å². The lowest BCUT2D eigenvalue weighted by atomic mass is 9.73. The second-order valence-corrected chi connectivity index (χ2v) is 5.63. The van der Waals surface area contributed by atoms with Crippen molar-refractivity contribution in [3.63, 3.8) is 0 Å². The first-order valence-corrected chi connectivity index (χ1v) is 6.13. The first-order chi connectivity index (χ1) is 6.70. The smallest absolute Gasteiger partial charge is 0.00212 e. The van der Waals surface area contributed by atoms with Crippen molar-refractivity contribution in [3.05, 3.63) is 0 Å². The summed E-state index contributed by atoms with van der Waals surface area (Å²) in [6.45, 7) is 11.2. The molecule has 0 saturated carbocycles. The molecule has 2 saturated heterocycles. The summed E-state index contributed by atoms with van der Waals surface area (Å²) in [5.74, 6) is 0.858. The summed E-state index contributed by atoms with van der Waals surface area (Å²) >= 11 is 0. The van der Waals surface area contributed by atoms with Gasteiger partial charge in [-0.2, -0.15) is 0 Å². The summed E-state index contributed by atoms with van der Waals surface area (Å²) in [5.41, 5.74) is 0.717. The van der Waals surface area contributed by atoms with E-state index in [0.717, 1.165) is 5.92 Å². The van der Waals surface area contributed by atoms with Gasteiger partial charge in [-0.3, -0.25) is 0 Å². The van der Waals surface area contributed by atoms with Crippen LogP contribution < -0.4 is 5.32 Å². The van der Waals surface area contributed by atoms with Gasteiger partial charge in [0.1, 0.15) is 0 Å². The largest absolute Gasteiger partial charge is 0.316 e. The highest BCUT2D eigenvalue weighted by Crippen LogP contribution is 2.34. The number of hydrogen-bond donors (Lipinski definition) is 1. The molecule has 14 heavy (non-hydrogen) atoms. The fraction of sp³-hybridized carbons (Fsp3) is 1.00.